The van der Waals surface area contributed by atoms with Crippen molar-refractivity contribution in [2.75, 3.05) is 7.11 Å². The number of hydrogen-bond acceptors (Lipinski definition) is 2. The highest BCUT2D eigenvalue weighted by atomic mass is 16.5. The number of rotatable bonds is 6. The minimum atomic E-state index is -0.127. The minimum absolute atomic E-state index is 0.127. The van der Waals surface area contributed by atoms with Crippen molar-refractivity contribution >= 4 is 5.97 Å². The van der Waals surface area contributed by atoms with Gasteiger partial charge < -0.3 is 4.74 Å². The summed E-state index contributed by atoms with van der Waals surface area (Å²) >= 11 is 0. The molecule has 0 fully saturated rings. The van der Waals surface area contributed by atoms with Gasteiger partial charge in [-0.1, -0.05) is 36.0 Å². The summed E-state index contributed by atoms with van der Waals surface area (Å²) in [5.41, 5.74) is 4.02. The van der Waals surface area contributed by atoms with Crippen molar-refractivity contribution in [2.45, 2.75) is 39.5 Å². The highest BCUT2D eigenvalue weighted by Gasteiger charge is 2.01. The summed E-state index contributed by atoms with van der Waals surface area (Å²) < 4.78 is 4.59. The molecule has 1 aliphatic carbocycles. The Morgan fingerprint density at radius 2 is 2.06 bits per heavy atom. The number of ether oxygens (including phenoxy) is 1. The van der Waals surface area contributed by atoms with Gasteiger partial charge in [0, 0.05) is 6.42 Å². The van der Waals surface area contributed by atoms with Crippen molar-refractivity contribution in [1.82, 2.24) is 0 Å². The van der Waals surface area contributed by atoms with E-state index in [9.17, 15) is 4.79 Å². The average molecular weight is 246 g/mol. The maximum Gasteiger partial charge on any atom is 0.305 e. The number of esters is 1. The Morgan fingerprint density at radius 3 is 2.67 bits per heavy atom. The van der Waals surface area contributed by atoms with Crippen molar-refractivity contribution < 1.29 is 9.53 Å². The summed E-state index contributed by atoms with van der Waals surface area (Å²) in [6.45, 7) is 4.25. The van der Waals surface area contributed by atoms with Crippen LogP contribution in [0.4, 0.5) is 0 Å². The van der Waals surface area contributed by atoms with Gasteiger partial charge in [-0.05, 0) is 44.3 Å². The minimum Gasteiger partial charge on any atom is -0.469 e. The van der Waals surface area contributed by atoms with Crippen molar-refractivity contribution in [1.29, 1.82) is 0 Å². The van der Waals surface area contributed by atoms with E-state index in [1.54, 1.807) is 0 Å². The van der Waals surface area contributed by atoms with Crippen LogP contribution < -0.4 is 0 Å². The molecule has 0 aromatic carbocycles. The van der Waals surface area contributed by atoms with E-state index in [4.69, 9.17) is 0 Å². The first kappa shape index (κ1) is 14.5. The van der Waals surface area contributed by atoms with Gasteiger partial charge in [0.05, 0.1) is 7.11 Å². The van der Waals surface area contributed by atoms with Crippen LogP contribution in [-0.4, -0.2) is 13.1 Å². The molecular formula is C16H22O2. The van der Waals surface area contributed by atoms with Crippen LogP contribution in [0.1, 0.15) is 39.5 Å². The Labute approximate surface area is 110 Å². The fourth-order valence-corrected chi connectivity index (χ4v) is 1.73. The number of allylic oxidation sites excluding steroid dienone is 8. The number of methoxy groups -OCH3 is 1. The highest BCUT2D eigenvalue weighted by Crippen LogP contribution is 2.20. The SMILES string of the molecule is COC(=O)CCC/C=C\CC1=CC(=C(C)C)C=C1. The molecule has 0 heterocycles. The van der Waals surface area contributed by atoms with Gasteiger partial charge in [0.1, 0.15) is 0 Å². The fraction of sp³-hybridized carbons (Fsp3) is 0.438. The third kappa shape index (κ3) is 5.17. The lowest BCUT2D eigenvalue weighted by Crippen LogP contribution is -1.98. The largest absolute Gasteiger partial charge is 0.469 e. The van der Waals surface area contributed by atoms with Gasteiger partial charge >= 0.3 is 5.97 Å². The second-order valence-corrected chi connectivity index (χ2v) is 4.65. The van der Waals surface area contributed by atoms with Gasteiger partial charge in [-0.2, -0.15) is 0 Å². The molecular weight excluding hydrogens is 224 g/mol. The molecule has 0 saturated heterocycles. The summed E-state index contributed by atoms with van der Waals surface area (Å²) in [7, 11) is 1.43. The molecule has 0 unspecified atom stereocenters. The predicted octanol–water partition coefficient (Wildman–Crippen LogP) is 4.11. The van der Waals surface area contributed by atoms with Crippen molar-refractivity contribution in [3.05, 3.63) is 47.1 Å². The maximum absolute atomic E-state index is 10.9. The summed E-state index contributed by atoms with van der Waals surface area (Å²) in [5, 5.41) is 0. The average Bonchev–Trinajstić information content (AvgIpc) is 2.82. The van der Waals surface area contributed by atoms with Crippen molar-refractivity contribution in [2.24, 2.45) is 0 Å². The van der Waals surface area contributed by atoms with Crippen LogP contribution in [0.25, 0.3) is 0 Å². The van der Waals surface area contributed by atoms with Gasteiger partial charge in [-0.25, -0.2) is 0 Å². The normalized spacial score (nSPS) is 14.2. The second-order valence-electron chi connectivity index (χ2n) is 4.65. The fourth-order valence-electron chi connectivity index (χ4n) is 1.73. The third-order valence-corrected chi connectivity index (χ3v) is 2.89. The standard InChI is InChI=1S/C16H22O2/c1-13(2)15-11-10-14(12-15)8-6-4-5-7-9-16(17)18-3/h4,6,10-12H,5,7-9H2,1-3H3/b6-4-. The zero-order chi connectivity index (χ0) is 13.4. The first-order valence-electron chi connectivity index (χ1n) is 6.41. The smallest absolute Gasteiger partial charge is 0.305 e. The molecule has 0 atom stereocenters. The number of hydrogen-bond donors (Lipinski definition) is 0. The second kappa shape index (κ2) is 7.70. The molecule has 1 rings (SSSR count). The zero-order valence-corrected chi connectivity index (χ0v) is 11.5. The van der Waals surface area contributed by atoms with Crippen LogP contribution in [-0.2, 0) is 9.53 Å². The first-order chi connectivity index (χ1) is 8.63. The third-order valence-electron chi connectivity index (χ3n) is 2.89. The highest BCUT2D eigenvalue weighted by molar-refractivity contribution is 5.69. The number of unbranched alkanes of at least 4 members (excludes halogenated alkanes) is 1. The van der Waals surface area contributed by atoms with Crippen LogP contribution in [0, 0.1) is 0 Å². The Morgan fingerprint density at radius 1 is 1.28 bits per heavy atom. The molecule has 0 N–H and O–H groups in total. The predicted molar refractivity (Wildman–Crippen MR) is 75.2 cm³/mol. The summed E-state index contributed by atoms with van der Waals surface area (Å²) in [6.07, 6.45) is 14.1. The summed E-state index contributed by atoms with van der Waals surface area (Å²) in [5.74, 6) is -0.127. The first-order valence-corrected chi connectivity index (χ1v) is 6.41. The van der Waals surface area contributed by atoms with Gasteiger partial charge in [0.25, 0.3) is 0 Å². The monoisotopic (exact) mass is 246 g/mol. The molecule has 2 heteroatoms. The number of carbonyl (C=O) groups excluding carboxylic acids is 1. The molecule has 18 heavy (non-hydrogen) atoms. The Balaban J connectivity index is 2.23. The Bertz CT molecular complexity index is 405. The van der Waals surface area contributed by atoms with Gasteiger partial charge in [-0.15, -0.1) is 0 Å². The molecule has 98 valence electrons. The van der Waals surface area contributed by atoms with Crippen LogP contribution >= 0.6 is 0 Å². The van der Waals surface area contributed by atoms with E-state index in [2.05, 4.69) is 49.0 Å². The quantitative estimate of drug-likeness (QED) is 0.400. The molecule has 0 aromatic heterocycles. The van der Waals surface area contributed by atoms with Crippen molar-refractivity contribution in [3.8, 4) is 0 Å². The maximum atomic E-state index is 10.9. The molecule has 0 saturated carbocycles. The van der Waals surface area contributed by atoms with Crippen LogP contribution in [0.2, 0.25) is 0 Å². The lowest BCUT2D eigenvalue weighted by molar-refractivity contribution is -0.140. The molecule has 0 spiro atoms. The molecule has 0 aliphatic heterocycles. The zero-order valence-electron chi connectivity index (χ0n) is 11.5. The van der Waals surface area contributed by atoms with Crippen LogP contribution in [0.15, 0.2) is 47.1 Å². The lowest BCUT2D eigenvalue weighted by atomic mass is 10.1. The molecule has 0 radical (unpaired) electrons. The molecule has 0 amide bonds. The van der Waals surface area contributed by atoms with E-state index >= 15 is 0 Å². The van der Waals surface area contributed by atoms with Crippen molar-refractivity contribution in [3.63, 3.8) is 0 Å². The molecule has 0 aromatic rings. The van der Waals surface area contributed by atoms with Gasteiger partial charge in [-0.3, -0.25) is 4.79 Å². The van der Waals surface area contributed by atoms with Gasteiger partial charge in [0.2, 0.25) is 0 Å². The van der Waals surface area contributed by atoms with E-state index in [1.807, 2.05) is 0 Å². The molecule has 1 aliphatic rings. The van der Waals surface area contributed by atoms with Crippen LogP contribution in [0.3, 0.4) is 0 Å². The Hall–Kier alpha value is -1.57. The van der Waals surface area contributed by atoms with Crippen LogP contribution in [0.5, 0.6) is 0 Å². The van der Waals surface area contributed by atoms with Gasteiger partial charge in [0.15, 0.2) is 0 Å². The lowest BCUT2D eigenvalue weighted by Gasteiger charge is -1.96. The van der Waals surface area contributed by atoms with E-state index in [0.29, 0.717) is 6.42 Å². The van der Waals surface area contributed by atoms with E-state index < -0.39 is 0 Å². The molecule has 0 bridgehead atoms. The summed E-state index contributed by atoms with van der Waals surface area (Å²) in [6, 6.07) is 0. The topological polar surface area (TPSA) is 26.3 Å². The van der Waals surface area contributed by atoms with E-state index in [-0.39, 0.29) is 5.97 Å². The molecule has 2 nitrogen and oxygen atoms in total. The van der Waals surface area contributed by atoms with E-state index in [1.165, 1.54) is 23.8 Å². The summed E-state index contributed by atoms with van der Waals surface area (Å²) in [4.78, 5) is 10.9. The Kier molecular flexibility index (Phi) is 6.20. The van der Waals surface area contributed by atoms with E-state index in [0.717, 1.165) is 19.3 Å². The number of carbonyl (C=O) groups is 1.